The van der Waals surface area contributed by atoms with Crippen LogP contribution in [0.4, 0.5) is 0 Å². The largest absolute Gasteiger partial charge is 0.267 e. The molecule has 0 radical (unpaired) electrons. The van der Waals surface area contributed by atoms with Gasteiger partial charge in [-0.05, 0) is 0 Å². The number of rotatable bonds is 2. The summed E-state index contributed by atoms with van der Waals surface area (Å²) in [4.78, 5) is 9.39. The van der Waals surface area contributed by atoms with Crippen LogP contribution in [-0.4, -0.2) is 28.0 Å². The topological polar surface area (TPSA) is 103 Å². The molecule has 3 heterocycles. The van der Waals surface area contributed by atoms with Crippen LogP contribution < -0.4 is 5.14 Å². The lowest BCUT2D eigenvalue weighted by atomic mass is 10.4. The van der Waals surface area contributed by atoms with Crippen molar-refractivity contribution in [3.8, 4) is 10.6 Å². The Morgan fingerprint density at radius 1 is 1.35 bits per heavy atom. The molecule has 3 rings (SSSR count). The number of thiazole rings is 1. The molecule has 3 aromatic heterocycles. The van der Waals surface area contributed by atoms with Crippen LogP contribution in [0.3, 0.4) is 0 Å². The first kappa shape index (κ1) is 10.8. The summed E-state index contributed by atoms with van der Waals surface area (Å²) in [5.41, 5.74) is 2.38. The van der Waals surface area contributed by atoms with Gasteiger partial charge in [0, 0.05) is 6.20 Å². The molecule has 0 fully saturated rings. The van der Waals surface area contributed by atoms with Gasteiger partial charge in [0.25, 0.3) is 10.0 Å². The van der Waals surface area contributed by atoms with Gasteiger partial charge in [0.1, 0.15) is 5.69 Å². The van der Waals surface area contributed by atoms with Crippen molar-refractivity contribution < 1.29 is 8.42 Å². The third-order valence-electron chi connectivity index (χ3n) is 2.00. The number of fused-ring (bicyclic) bond motifs is 1. The van der Waals surface area contributed by atoms with Crippen LogP contribution in [0.2, 0.25) is 0 Å². The fraction of sp³-hybridized carbons (Fsp3) is 0. The SMILES string of the molecule is NS(=O)(=O)c1nn2c(-c3cncs3)cnc2s1. The van der Waals surface area contributed by atoms with Gasteiger partial charge in [-0.3, -0.25) is 4.98 Å². The van der Waals surface area contributed by atoms with E-state index in [1.54, 1.807) is 17.9 Å². The van der Waals surface area contributed by atoms with E-state index in [2.05, 4.69) is 15.1 Å². The maximum Gasteiger partial charge on any atom is 0.267 e. The molecule has 0 aromatic carbocycles. The maximum atomic E-state index is 11.2. The summed E-state index contributed by atoms with van der Waals surface area (Å²) >= 11 is 2.36. The molecule has 7 nitrogen and oxygen atoms in total. The molecule has 0 saturated carbocycles. The van der Waals surface area contributed by atoms with E-state index in [9.17, 15) is 8.42 Å². The number of nitrogens with two attached hydrogens (primary N) is 1. The number of hydrogen-bond acceptors (Lipinski definition) is 7. The van der Waals surface area contributed by atoms with E-state index in [4.69, 9.17) is 5.14 Å². The van der Waals surface area contributed by atoms with Crippen LogP contribution >= 0.6 is 22.7 Å². The molecule has 88 valence electrons. The number of nitrogens with zero attached hydrogens (tertiary/aromatic N) is 4. The highest BCUT2D eigenvalue weighted by molar-refractivity contribution is 7.91. The monoisotopic (exact) mass is 287 g/mol. The second kappa shape index (κ2) is 3.57. The Labute approximate surface area is 104 Å². The smallest absolute Gasteiger partial charge is 0.252 e. The van der Waals surface area contributed by atoms with Gasteiger partial charge in [0.05, 0.1) is 16.6 Å². The van der Waals surface area contributed by atoms with Crippen molar-refractivity contribution in [1.29, 1.82) is 0 Å². The molecule has 0 aliphatic heterocycles. The van der Waals surface area contributed by atoms with E-state index in [1.165, 1.54) is 15.9 Å². The molecule has 3 aromatic rings. The average Bonchev–Trinajstić information content (AvgIpc) is 2.91. The Bertz CT molecular complexity index is 770. The zero-order valence-corrected chi connectivity index (χ0v) is 10.6. The van der Waals surface area contributed by atoms with Crippen LogP contribution in [-0.2, 0) is 10.0 Å². The second-order valence-electron chi connectivity index (χ2n) is 3.12. The van der Waals surface area contributed by atoms with Crippen LogP contribution in [0.1, 0.15) is 0 Å². The number of aromatic nitrogens is 4. The minimum absolute atomic E-state index is 0.147. The van der Waals surface area contributed by atoms with Crippen molar-refractivity contribution in [2.45, 2.75) is 4.34 Å². The molecule has 0 amide bonds. The highest BCUT2D eigenvalue weighted by atomic mass is 32.2. The van der Waals surface area contributed by atoms with Crippen LogP contribution in [0.15, 0.2) is 22.2 Å². The summed E-state index contributed by atoms with van der Waals surface area (Å²) in [5, 5.41) is 8.96. The summed E-state index contributed by atoms with van der Waals surface area (Å²) < 4.78 is 23.7. The zero-order valence-electron chi connectivity index (χ0n) is 8.14. The minimum atomic E-state index is -3.79. The predicted octanol–water partition coefficient (Wildman–Crippen LogP) is 0.562. The van der Waals surface area contributed by atoms with Gasteiger partial charge in [-0.25, -0.2) is 23.1 Å². The second-order valence-corrected chi connectivity index (χ2v) is 6.69. The van der Waals surface area contributed by atoms with Crippen molar-refractivity contribution in [3.05, 3.63) is 17.9 Å². The summed E-state index contributed by atoms with van der Waals surface area (Å²) in [6, 6.07) is 0. The fourth-order valence-electron chi connectivity index (χ4n) is 1.30. The van der Waals surface area contributed by atoms with Gasteiger partial charge in [-0.1, -0.05) is 11.3 Å². The number of primary sulfonamides is 1. The molecule has 0 bridgehead atoms. The molecule has 0 spiro atoms. The Kier molecular flexibility index (Phi) is 2.26. The Morgan fingerprint density at radius 2 is 2.18 bits per heavy atom. The highest BCUT2D eigenvalue weighted by Gasteiger charge is 2.18. The summed E-state index contributed by atoms with van der Waals surface area (Å²) in [5.74, 6) is 0. The molecule has 17 heavy (non-hydrogen) atoms. The van der Waals surface area contributed by atoms with Gasteiger partial charge in [-0.15, -0.1) is 16.4 Å². The van der Waals surface area contributed by atoms with Gasteiger partial charge in [0.15, 0.2) is 0 Å². The van der Waals surface area contributed by atoms with E-state index < -0.39 is 10.0 Å². The van der Waals surface area contributed by atoms with Gasteiger partial charge in [-0.2, -0.15) is 0 Å². The van der Waals surface area contributed by atoms with E-state index >= 15 is 0 Å². The normalized spacial score (nSPS) is 12.3. The van der Waals surface area contributed by atoms with Crippen LogP contribution in [0, 0.1) is 0 Å². The Balaban J connectivity index is 2.26. The number of sulfonamides is 1. The van der Waals surface area contributed by atoms with Crippen molar-refractivity contribution in [2.75, 3.05) is 0 Å². The lowest BCUT2D eigenvalue weighted by Gasteiger charge is -1.91. The van der Waals surface area contributed by atoms with Crippen molar-refractivity contribution in [1.82, 2.24) is 19.6 Å². The average molecular weight is 287 g/mol. The standard InChI is InChI=1S/C7H5N5O2S3/c8-17(13,14)7-11-12-4(1-10-6(12)16-7)5-2-9-3-15-5/h1-3H,(H2,8,13,14). The van der Waals surface area contributed by atoms with Gasteiger partial charge >= 0.3 is 0 Å². The molecular formula is C7H5N5O2S3. The van der Waals surface area contributed by atoms with E-state index in [1.807, 2.05) is 0 Å². The highest BCUT2D eigenvalue weighted by Crippen LogP contribution is 2.27. The van der Waals surface area contributed by atoms with E-state index in [0.717, 1.165) is 16.2 Å². The van der Waals surface area contributed by atoms with Gasteiger partial charge in [0.2, 0.25) is 9.30 Å². The molecule has 0 atom stereocenters. The summed E-state index contributed by atoms with van der Waals surface area (Å²) in [7, 11) is -3.79. The Morgan fingerprint density at radius 3 is 2.82 bits per heavy atom. The first-order valence-corrected chi connectivity index (χ1v) is 7.56. The van der Waals surface area contributed by atoms with Crippen molar-refractivity contribution in [3.63, 3.8) is 0 Å². The molecule has 10 heteroatoms. The third-order valence-corrected chi connectivity index (χ3v) is 5.02. The molecule has 2 N–H and O–H groups in total. The molecule has 0 unspecified atom stereocenters. The predicted molar refractivity (Wildman–Crippen MR) is 63.3 cm³/mol. The molecule has 0 aliphatic rings. The molecule has 0 aliphatic carbocycles. The summed E-state index contributed by atoms with van der Waals surface area (Å²) in [6.45, 7) is 0. The fourth-order valence-corrected chi connectivity index (χ4v) is 3.41. The molecule has 0 saturated heterocycles. The summed E-state index contributed by atoms with van der Waals surface area (Å²) in [6.07, 6.45) is 3.29. The maximum absolute atomic E-state index is 11.2. The third kappa shape index (κ3) is 1.74. The number of hydrogen-bond donors (Lipinski definition) is 1. The first-order chi connectivity index (χ1) is 8.05. The number of imidazole rings is 1. The van der Waals surface area contributed by atoms with Crippen molar-refractivity contribution in [2.24, 2.45) is 5.14 Å². The zero-order chi connectivity index (χ0) is 12.0. The van der Waals surface area contributed by atoms with E-state index in [0.29, 0.717) is 10.7 Å². The molecular weight excluding hydrogens is 282 g/mol. The quantitative estimate of drug-likeness (QED) is 0.741. The van der Waals surface area contributed by atoms with Crippen LogP contribution in [0.25, 0.3) is 15.5 Å². The lowest BCUT2D eigenvalue weighted by molar-refractivity contribution is 0.595. The van der Waals surface area contributed by atoms with Crippen LogP contribution in [0.5, 0.6) is 0 Å². The lowest BCUT2D eigenvalue weighted by Crippen LogP contribution is -2.12. The van der Waals surface area contributed by atoms with E-state index in [-0.39, 0.29) is 4.34 Å². The van der Waals surface area contributed by atoms with Gasteiger partial charge < -0.3 is 0 Å². The minimum Gasteiger partial charge on any atom is -0.252 e. The Hall–Kier alpha value is -1.36. The van der Waals surface area contributed by atoms with Crippen molar-refractivity contribution >= 4 is 37.7 Å². The first-order valence-electron chi connectivity index (χ1n) is 4.32.